The van der Waals surface area contributed by atoms with Crippen LogP contribution in [0.15, 0.2) is 40.3 Å². The minimum absolute atomic E-state index is 0.00202. The molecular formula is C16H15F3N4O4S2. The molecule has 0 aliphatic carbocycles. The molecule has 0 aliphatic heterocycles. The third kappa shape index (κ3) is 6.13. The predicted molar refractivity (Wildman–Crippen MR) is 97.6 cm³/mol. The van der Waals surface area contributed by atoms with E-state index < -0.39 is 21.5 Å². The van der Waals surface area contributed by atoms with Crippen LogP contribution in [0.5, 0.6) is 0 Å². The highest BCUT2D eigenvalue weighted by Crippen LogP contribution is 2.37. The Morgan fingerprint density at radius 3 is 2.55 bits per heavy atom. The number of hydrogen-bond donors (Lipinski definition) is 1. The number of alkyl halides is 3. The van der Waals surface area contributed by atoms with Gasteiger partial charge in [0.15, 0.2) is 5.82 Å². The van der Waals surface area contributed by atoms with E-state index in [-0.39, 0.29) is 52.5 Å². The van der Waals surface area contributed by atoms with Crippen LogP contribution in [0.4, 0.5) is 19.0 Å². The van der Waals surface area contributed by atoms with Crippen LogP contribution in [0.3, 0.4) is 0 Å². The molecule has 1 N–H and O–H groups in total. The molecule has 13 heteroatoms. The Hall–Kier alpha value is -2.72. The van der Waals surface area contributed by atoms with E-state index in [1.165, 1.54) is 0 Å². The summed E-state index contributed by atoms with van der Waals surface area (Å²) in [5.41, 5.74) is -4.65. The molecule has 1 aromatic heterocycles. The highest BCUT2D eigenvalue weighted by atomic mass is 32.2. The van der Waals surface area contributed by atoms with E-state index in [0.717, 1.165) is 35.1 Å². The third-order valence-electron chi connectivity index (χ3n) is 3.37. The fraction of sp³-hybridized carbons (Fsp3) is 0.312. The van der Waals surface area contributed by atoms with Crippen molar-refractivity contribution in [3.63, 3.8) is 0 Å². The minimum atomic E-state index is -4.50. The molecule has 1 heterocycles. The van der Waals surface area contributed by atoms with E-state index in [1.54, 1.807) is 6.92 Å². The van der Waals surface area contributed by atoms with Gasteiger partial charge in [0.2, 0.25) is 0 Å². The van der Waals surface area contributed by atoms with Crippen LogP contribution < -0.4 is 4.72 Å². The highest BCUT2D eigenvalue weighted by molar-refractivity contribution is 8.00. The van der Waals surface area contributed by atoms with Crippen molar-refractivity contribution in [3.05, 3.63) is 36.0 Å². The Bertz CT molecular complexity index is 1010. The molecule has 0 saturated carbocycles. The lowest BCUT2D eigenvalue weighted by molar-refractivity contribution is -0.0328. The number of ether oxygens (including phenoxy) is 1. The first-order valence-electron chi connectivity index (χ1n) is 8.06. The van der Waals surface area contributed by atoms with Crippen molar-refractivity contribution in [2.45, 2.75) is 35.2 Å². The number of sulfonamides is 1. The van der Waals surface area contributed by atoms with Crippen LogP contribution in [0.2, 0.25) is 0 Å². The summed E-state index contributed by atoms with van der Waals surface area (Å²) < 4.78 is 70.7. The van der Waals surface area contributed by atoms with Crippen molar-refractivity contribution in [1.29, 1.82) is 5.26 Å². The van der Waals surface area contributed by atoms with Gasteiger partial charge >= 0.3 is 11.5 Å². The zero-order chi connectivity index (χ0) is 21.7. The molecule has 0 amide bonds. The monoisotopic (exact) mass is 448 g/mol. The van der Waals surface area contributed by atoms with Gasteiger partial charge in [-0.05, 0) is 43.0 Å². The van der Waals surface area contributed by atoms with Crippen molar-refractivity contribution < 1.29 is 31.1 Å². The number of carbonyl (C=O) groups is 1. The van der Waals surface area contributed by atoms with Gasteiger partial charge in [0.1, 0.15) is 5.56 Å². The number of nitrogens with one attached hydrogen (secondary N) is 1. The molecule has 0 radical (unpaired) electrons. The number of esters is 1. The summed E-state index contributed by atoms with van der Waals surface area (Å²) in [5.74, 6) is -1.02. The third-order valence-corrected chi connectivity index (χ3v) is 5.46. The SMILES string of the molecule is CCOC(=O)c1cnn(CCC#N)c1NS(=O)(=O)c1ccc(SC(F)(F)F)cc1. The predicted octanol–water partition coefficient (Wildman–Crippen LogP) is 3.39. The first-order valence-corrected chi connectivity index (χ1v) is 10.4. The van der Waals surface area contributed by atoms with Crippen LogP contribution in [0, 0.1) is 11.3 Å². The number of aromatic nitrogens is 2. The van der Waals surface area contributed by atoms with Gasteiger partial charge in [0, 0.05) is 4.90 Å². The van der Waals surface area contributed by atoms with Gasteiger partial charge < -0.3 is 4.74 Å². The number of nitrogens with zero attached hydrogens (tertiary/aromatic N) is 3. The van der Waals surface area contributed by atoms with Gasteiger partial charge in [-0.15, -0.1) is 0 Å². The number of anilines is 1. The van der Waals surface area contributed by atoms with Crippen LogP contribution in [-0.2, 0) is 21.3 Å². The molecule has 0 unspecified atom stereocenters. The number of aryl methyl sites for hydroxylation is 1. The van der Waals surface area contributed by atoms with Crippen LogP contribution in [-0.4, -0.2) is 36.3 Å². The Morgan fingerprint density at radius 1 is 1.34 bits per heavy atom. The van der Waals surface area contributed by atoms with Gasteiger partial charge in [-0.3, -0.25) is 4.72 Å². The molecular weight excluding hydrogens is 433 g/mol. The lowest BCUT2D eigenvalue weighted by Crippen LogP contribution is -2.19. The Kier molecular flexibility index (Phi) is 7.15. The van der Waals surface area contributed by atoms with Crippen LogP contribution >= 0.6 is 11.8 Å². The van der Waals surface area contributed by atoms with Gasteiger partial charge in [-0.2, -0.15) is 23.5 Å². The van der Waals surface area contributed by atoms with E-state index in [4.69, 9.17) is 10.00 Å². The van der Waals surface area contributed by atoms with Gasteiger partial charge in [-0.25, -0.2) is 17.9 Å². The maximum absolute atomic E-state index is 12.7. The first kappa shape index (κ1) is 22.6. The molecule has 0 fully saturated rings. The van der Waals surface area contributed by atoms with Gasteiger partial charge in [-0.1, -0.05) is 0 Å². The Morgan fingerprint density at radius 2 is 2.00 bits per heavy atom. The molecule has 0 atom stereocenters. The second kappa shape index (κ2) is 9.19. The van der Waals surface area contributed by atoms with E-state index in [1.807, 2.05) is 6.07 Å². The second-order valence-electron chi connectivity index (χ2n) is 5.38. The highest BCUT2D eigenvalue weighted by Gasteiger charge is 2.29. The number of nitriles is 1. The second-order valence-corrected chi connectivity index (χ2v) is 8.20. The number of benzene rings is 1. The molecule has 0 spiro atoms. The van der Waals surface area contributed by atoms with Crippen molar-refractivity contribution >= 4 is 33.6 Å². The standard InChI is InChI=1S/C16H15F3N4O4S2/c1-2-27-15(24)13-10-21-23(9-3-8-20)14(13)22-29(25,26)12-6-4-11(5-7-12)28-16(17,18)19/h4-7,10,22H,2-3,9H2,1H3. The molecule has 29 heavy (non-hydrogen) atoms. The zero-order valence-electron chi connectivity index (χ0n) is 14.9. The molecule has 8 nitrogen and oxygen atoms in total. The Balaban J connectivity index is 2.34. The normalized spacial score (nSPS) is 11.7. The van der Waals surface area contributed by atoms with E-state index in [2.05, 4.69) is 9.82 Å². The lowest BCUT2D eigenvalue weighted by Gasteiger charge is -2.12. The summed E-state index contributed by atoms with van der Waals surface area (Å²) in [5, 5.41) is 12.6. The quantitative estimate of drug-likeness (QED) is 0.486. The number of halogens is 3. The summed E-state index contributed by atoms with van der Waals surface area (Å²) in [4.78, 5) is 11.6. The zero-order valence-corrected chi connectivity index (χ0v) is 16.6. The van der Waals surface area contributed by atoms with Crippen molar-refractivity contribution in [3.8, 4) is 6.07 Å². The topological polar surface area (TPSA) is 114 Å². The number of hydrogen-bond acceptors (Lipinski definition) is 7. The number of thioether (sulfide) groups is 1. The van der Waals surface area contributed by atoms with Gasteiger partial charge in [0.05, 0.1) is 36.7 Å². The maximum Gasteiger partial charge on any atom is 0.446 e. The lowest BCUT2D eigenvalue weighted by atomic mass is 10.3. The summed E-state index contributed by atoms with van der Waals surface area (Å²) in [6.07, 6.45) is 1.11. The van der Waals surface area contributed by atoms with Crippen LogP contribution in [0.1, 0.15) is 23.7 Å². The summed E-state index contributed by atoms with van der Waals surface area (Å²) >= 11 is -0.372. The Labute approximate surface area is 168 Å². The summed E-state index contributed by atoms with van der Waals surface area (Å²) in [7, 11) is -4.25. The smallest absolute Gasteiger partial charge is 0.446 e. The molecule has 1 aromatic carbocycles. The number of carbonyl (C=O) groups excluding carboxylic acids is 1. The number of rotatable bonds is 8. The molecule has 2 aromatic rings. The van der Waals surface area contributed by atoms with Crippen molar-refractivity contribution in [1.82, 2.24) is 9.78 Å². The average Bonchev–Trinajstić information content (AvgIpc) is 3.01. The van der Waals surface area contributed by atoms with E-state index in [0.29, 0.717) is 0 Å². The maximum atomic E-state index is 12.7. The van der Waals surface area contributed by atoms with Crippen molar-refractivity contribution in [2.75, 3.05) is 11.3 Å². The minimum Gasteiger partial charge on any atom is -0.462 e. The molecule has 0 aliphatic rings. The van der Waals surface area contributed by atoms with Crippen LogP contribution in [0.25, 0.3) is 0 Å². The fourth-order valence-electron chi connectivity index (χ4n) is 2.18. The molecule has 2 rings (SSSR count). The molecule has 0 bridgehead atoms. The average molecular weight is 448 g/mol. The fourth-order valence-corrected chi connectivity index (χ4v) is 3.80. The first-order chi connectivity index (χ1) is 13.6. The summed E-state index contributed by atoms with van der Waals surface area (Å²) in [6.45, 7) is 1.63. The van der Waals surface area contributed by atoms with Gasteiger partial charge in [0.25, 0.3) is 10.0 Å². The summed E-state index contributed by atoms with van der Waals surface area (Å²) in [6, 6.07) is 5.94. The molecule has 0 saturated heterocycles. The molecule has 156 valence electrons. The van der Waals surface area contributed by atoms with E-state index in [9.17, 15) is 26.4 Å². The largest absolute Gasteiger partial charge is 0.462 e. The van der Waals surface area contributed by atoms with E-state index >= 15 is 0 Å². The van der Waals surface area contributed by atoms with Crippen molar-refractivity contribution in [2.24, 2.45) is 0 Å².